The number of rotatable bonds is 2. The fourth-order valence-electron chi connectivity index (χ4n) is 2.62. The molecule has 0 atom stereocenters. The van der Waals surface area contributed by atoms with Crippen LogP contribution in [0.3, 0.4) is 0 Å². The summed E-state index contributed by atoms with van der Waals surface area (Å²) in [4.78, 5) is 18.9. The predicted octanol–water partition coefficient (Wildman–Crippen LogP) is 3.16. The Hall–Kier alpha value is -1.56. The molecule has 0 saturated heterocycles. The lowest BCUT2D eigenvalue weighted by Crippen LogP contribution is -2.17. The third kappa shape index (κ3) is 2.20. The third-order valence-corrected chi connectivity index (χ3v) is 4.16. The molecular weight excluding hydrogens is 312 g/mol. The molecule has 0 amide bonds. The van der Waals surface area contributed by atoms with Gasteiger partial charge in [0.05, 0.1) is 16.3 Å². The third-order valence-electron chi connectivity index (χ3n) is 3.53. The van der Waals surface area contributed by atoms with Gasteiger partial charge in [0.25, 0.3) is 5.56 Å². The summed E-state index contributed by atoms with van der Waals surface area (Å²) in [5.74, 6) is 0.575. The van der Waals surface area contributed by atoms with Gasteiger partial charge in [-0.2, -0.15) is 4.98 Å². The standard InChI is InChI=1S/C13H13BrN2O3/c14-8-5-6-19-10(8)11-15-12(17)9(13(18)16-11)7-3-1-2-4-7/h5-7H,1-4H2,(H2,15,16,17,18). The van der Waals surface area contributed by atoms with Crippen LogP contribution < -0.4 is 5.56 Å². The second kappa shape index (κ2) is 4.85. The van der Waals surface area contributed by atoms with Gasteiger partial charge < -0.3 is 14.5 Å². The van der Waals surface area contributed by atoms with E-state index in [-0.39, 0.29) is 23.2 Å². The van der Waals surface area contributed by atoms with Gasteiger partial charge in [0.1, 0.15) is 0 Å². The molecule has 2 N–H and O–H groups in total. The molecule has 0 aliphatic heterocycles. The van der Waals surface area contributed by atoms with Crippen molar-refractivity contribution in [2.45, 2.75) is 31.6 Å². The van der Waals surface area contributed by atoms with E-state index in [0.29, 0.717) is 15.8 Å². The minimum atomic E-state index is -0.280. The fourth-order valence-corrected chi connectivity index (χ4v) is 3.01. The predicted molar refractivity (Wildman–Crippen MR) is 73.1 cm³/mol. The van der Waals surface area contributed by atoms with Crippen LogP contribution >= 0.6 is 15.9 Å². The van der Waals surface area contributed by atoms with E-state index in [1.165, 1.54) is 6.26 Å². The van der Waals surface area contributed by atoms with Crippen LogP contribution in [-0.4, -0.2) is 15.1 Å². The van der Waals surface area contributed by atoms with Crippen molar-refractivity contribution in [3.63, 3.8) is 0 Å². The number of hydrogen-bond acceptors (Lipinski definition) is 4. The lowest BCUT2D eigenvalue weighted by molar-refractivity contribution is 0.435. The number of furan rings is 1. The van der Waals surface area contributed by atoms with Crippen molar-refractivity contribution >= 4 is 15.9 Å². The van der Waals surface area contributed by atoms with Crippen LogP contribution in [0.5, 0.6) is 5.88 Å². The molecule has 6 heteroatoms. The second-order valence-electron chi connectivity index (χ2n) is 4.73. The van der Waals surface area contributed by atoms with Crippen molar-refractivity contribution in [1.29, 1.82) is 0 Å². The molecule has 1 aliphatic rings. The van der Waals surface area contributed by atoms with Gasteiger partial charge in [0.15, 0.2) is 11.6 Å². The summed E-state index contributed by atoms with van der Waals surface area (Å²) in [7, 11) is 0. The molecule has 100 valence electrons. The summed E-state index contributed by atoms with van der Waals surface area (Å²) in [6.07, 6.45) is 5.54. The zero-order valence-electron chi connectivity index (χ0n) is 10.1. The summed E-state index contributed by atoms with van der Waals surface area (Å²) < 4.78 is 5.92. The molecule has 1 fully saturated rings. The summed E-state index contributed by atoms with van der Waals surface area (Å²) >= 11 is 3.30. The Labute approximate surface area is 117 Å². The van der Waals surface area contributed by atoms with Gasteiger partial charge in [-0.05, 0) is 40.8 Å². The first-order valence-corrected chi connectivity index (χ1v) is 7.02. The Kier molecular flexibility index (Phi) is 3.18. The Morgan fingerprint density at radius 3 is 2.74 bits per heavy atom. The summed E-state index contributed by atoms with van der Waals surface area (Å²) in [6.45, 7) is 0. The molecule has 0 spiro atoms. The molecule has 3 rings (SSSR count). The largest absolute Gasteiger partial charge is 0.493 e. The van der Waals surface area contributed by atoms with E-state index in [4.69, 9.17) is 4.42 Å². The Balaban J connectivity index is 2.07. The molecule has 2 aromatic rings. The Morgan fingerprint density at radius 2 is 2.16 bits per heavy atom. The van der Waals surface area contributed by atoms with E-state index in [0.717, 1.165) is 25.7 Å². The van der Waals surface area contributed by atoms with Crippen LogP contribution in [-0.2, 0) is 0 Å². The lowest BCUT2D eigenvalue weighted by Gasteiger charge is -2.10. The van der Waals surface area contributed by atoms with Crippen LogP contribution in [0.1, 0.15) is 37.2 Å². The SMILES string of the molecule is O=c1[nH]c(-c2occc2Br)nc(O)c1C1CCCC1. The first-order chi connectivity index (χ1) is 9.16. The monoisotopic (exact) mass is 324 g/mol. The van der Waals surface area contributed by atoms with E-state index in [1.54, 1.807) is 6.07 Å². The number of H-pyrrole nitrogens is 1. The van der Waals surface area contributed by atoms with Crippen LogP contribution in [0.15, 0.2) is 26.0 Å². The number of aromatic nitrogens is 2. The van der Waals surface area contributed by atoms with Gasteiger partial charge in [0, 0.05) is 0 Å². The van der Waals surface area contributed by atoms with Gasteiger partial charge >= 0.3 is 0 Å². The summed E-state index contributed by atoms with van der Waals surface area (Å²) in [6, 6.07) is 1.71. The molecule has 0 bridgehead atoms. The molecule has 0 unspecified atom stereocenters. The molecule has 2 heterocycles. The van der Waals surface area contributed by atoms with Crippen molar-refractivity contribution in [1.82, 2.24) is 9.97 Å². The number of aromatic hydroxyl groups is 1. The van der Waals surface area contributed by atoms with Crippen LogP contribution in [0.2, 0.25) is 0 Å². The minimum absolute atomic E-state index is 0.116. The van der Waals surface area contributed by atoms with E-state index >= 15 is 0 Å². The molecule has 2 aromatic heterocycles. The fraction of sp³-hybridized carbons (Fsp3) is 0.385. The average Bonchev–Trinajstić information content (AvgIpc) is 2.99. The second-order valence-corrected chi connectivity index (χ2v) is 5.59. The van der Waals surface area contributed by atoms with Crippen LogP contribution in [0.4, 0.5) is 0 Å². The van der Waals surface area contributed by atoms with Gasteiger partial charge in [-0.15, -0.1) is 0 Å². The highest BCUT2D eigenvalue weighted by molar-refractivity contribution is 9.10. The van der Waals surface area contributed by atoms with Gasteiger partial charge in [-0.1, -0.05) is 12.8 Å². The van der Waals surface area contributed by atoms with Crippen LogP contribution in [0.25, 0.3) is 11.6 Å². The highest BCUT2D eigenvalue weighted by Crippen LogP contribution is 2.36. The number of nitrogens with zero attached hydrogens (tertiary/aromatic N) is 1. The number of halogens is 1. The zero-order valence-corrected chi connectivity index (χ0v) is 11.7. The number of nitrogens with one attached hydrogen (secondary N) is 1. The summed E-state index contributed by atoms with van der Waals surface area (Å²) in [5, 5.41) is 10.0. The quantitative estimate of drug-likeness (QED) is 0.889. The topological polar surface area (TPSA) is 79.1 Å². The van der Waals surface area contributed by atoms with Crippen molar-refractivity contribution in [3.05, 3.63) is 32.7 Å². The van der Waals surface area contributed by atoms with E-state index in [1.807, 2.05) is 0 Å². The molecular formula is C13H13BrN2O3. The minimum Gasteiger partial charge on any atom is -0.493 e. The number of aromatic amines is 1. The Bertz CT molecular complexity index is 656. The molecule has 0 radical (unpaired) electrons. The molecule has 19 heavy (non-hydrogen) atoms. The van der Waals surface area contributed by atoms with Crippen molar-refractivity contribution in [2.75, 3.05) is 0 Å². The molecule has 0 aromatic carbocycles. The first-order valence-electron chi connectivity index (χ1n) is 6.23. The van der Waals surface area contributed by atoms with Crippen molar-refractivity contribution < 1.29 is 9.52 Å². The van der Waals surface area contributed by atoms with Crippen molar-refractivity contribution in [3.8, 4) is 17.5 Å². The summed E-state index contributed by atoms with van der Waals surface area (Å²) in [5.41, 5.74) is 0.127. The highest BCUT2D eigenvalue weighted by Gasteiger charge is 2.25. The highest BCUT2D eigenvalue weighted by atomic mass is 79.9. The van der Waals surface area contributed by atoms with E-state index in [9.17, 15) is 9.90 Å². The van der Waals surface area contributed by atoms with Gasteiger partial charge in [-0.25, -0.2) is 0 Å². The maximum absolute atomic E-state index is 12.1. The van der Waals surface area contributed by atoms with E-state index in [2.05, 4.69) is 25.9 Å². The smallest absolute Gasteiger partial charge is 0.258 e. The number of hydrogen-bond donors (Lipinski definition) is 2. The molecule has 1 saturated carbocycles. The average molecular weight is 325 g/mol. The van der Waals surface area contributed by atoms with Crippen LogP contribution in [0, 0.1) is 0 Å². The zero-order chi connectivity index (χ0) is 13.4. The molecule has 1 aliphatic carbocycles. The first kappa shape index (κ1) is 12.5. The maximum Gasteiger partial charge on any atom is 0.258 e. The lowest BCUT2D eigenvalue weighted by atomic mass is 10.00. The van der Waals surface area contributed by atoms with E-state index < -0.39 is 0 Å². The molecule has 5 nitrogen and oxygen atoms in total. The Morgan fingerprint density at radius 1 is 1.42 bits per heavy atom. The normalized spacial score (nSPS) is 16.1. The van der Waals surface area contributed by atoms with Crippen molar-refractivity contribution in [2.24, 2.45) is 0 Å². The van der Waals surface area contributed by atoms with Gasteiger partial charge in [-0.3, -0.25) is 4.79 Å². The van der Waals surface area contributed by atoms with Gasteiger partial charge in [0.2, 0.25) is 5.88 Å². The maximum atomic E-state index is 12.1.